The molecule has 2 aromatic heterocycles. The predicted molar refractivity (Wildman–Crippen MR) is 128 cm³/mol. The van der Waals surface area contributed by atoms with Crippen LogP contribution in [-0.4, -0.2) is 36.7 Å². The van der Waals surface area contributed by atoms with Crippen LogP contribution in [0.5, 0.6) is 0 Å². The minimum atomic E-state index is -0.198. The van der Waals surface area contributed by atoms with E-state index in [2.05, 4.69) is 49.2 Å². The van der Waals surface area contributed by atoms with Crippen molar-refractivity contribution < 1.29 is 4.79 Å². The molecular weight excluding hydrogens is 608 g/mol. The van der Waals surface area contributed by atoms with Gasteiger partial charge in [-0.3, -0.25) is 0 Å². The van der Waals surface area contributed by atoms with Crippen LogP contribution in [-0.2, 0) is 0 Å². The summed E-state index contributed by atoms with van der Waals surface area (Å²) in [5.41, 5.74) is 1.85. The van der Waals surface area contributed by atoms with E-state index in [1.165, 1.54) is 6.42 Å². The average molecular weight is 627 g/mol. The fourth-order valence-corrected chi connectivity index (χ4v) is 6.94. The van der Waals surface area contributed by atoms with Crippen LogP contribution in [0.15, 0.2) is 38.2 Å². The van der Waals surface area contributed by atoms with Crippen molar-refractivity contribution in [2.24, 2.45) is 0 Å². The van der Waals surface area contributed by atoms with E-state index in [-0.39, 0.29) is 20.4 Å². The van der Waals surface area contributed by atoms with Crippen LogP contribution in [0.4, 0.5) is 0 Å². The summed E-state index contributed by atoms with van der Waals surface area (Å²) in [4.78, 5) is 12.8. The first-order chi connectivity index (χ1) is 13.9. The number of carbonyl (C=O) groups excluding carboxylic acids is 1. The van der Waals surface area contributed by atoms with Crippen molar-refractivity contribution in [1.29, 1.82) is 0 Å². The third kappa shape index (κ3) is 5.57. The number of benzene rings is 1. The molecule has 3 aromatic rings. The summed E-state index contributed by atoms with van der Waals surface area (Å²) in [5, 5.41) is 8.61. The summed E-state index contributed by atoms with van der Waals surface area (Å²) in [6.45, 7) is 2.80. The molecule has 1 amide bonds. The molecular formula is C20H19Br2Cl2N3OSe. The number of unbranched alkanes of at least 4 members (excludes halogenated alkanes) is 3. The quantitative estimate of drug-likeness (QED) is 0.222. The number of amides is 1. The van der Waals surface area contributed by atoms with Gasteiger partial charge in [0.2, 0.25) is 0 Å². The monoisotopic (exact) mass is 625 g/mol. The maximum atomic E-state index is 12.8. The Hall–Kier alpha value is -0.561. The Morgan fingerprint density at radius 1 is 1.17 bits per heavy atom. The number of aromatic nitrogens is 2. The predicted octanol–water partition coefficient (Wildman–Crippen LogP) is 6.74. The van der Waals surface area contributed by atoms with Gasteiger partial charge in [0, 0.05) is 0 Å². The second-order valence-electron chi connectivity index (χ2n) is 6.44. The van der Waals surface area contributed by atoms with Crippen molar-refractivity contribution >= 4 is 75.5 Å². The van der Waals surface area contributed by atoms with E-state index in [1.54, 1.807) is 16.8 Å². The van der Waals surface area contributed by atoms with E-state index in [0.717, 1.165) is 32.7 Å². The third-order valence-electron chi connectivity index (χ3n) is 4.30. The minimum absolute atomic E-state index is 0.0904. The number of carbonyl (C=O) groups is 1. The Bertz CT molecular complexity index is 1020. The van der Waals surface area contributed by atoms with E-state index >= 15 is 0 Å². The molecule has 0 aliphatic rings. The normalized spacial score (nSPS) is 11.1. The van der Waals surface area contributed by atoms with Crippen LogP contribution in [0.25, 0.3) is 15.8 Å². The van der Waals surface area contributed by atoms with Gasteiger partial charge in [0.1, 0.15) is 0 Å². The molecule has 0 aliphatic heterocycles. The molecule has 3 rings (SSSR count). The number of rotatable bonds is 8. The van der Waals surface area contributed by atoms with Crippen molar-refractivity contribution in [3.05, 3.63) is 53.9 Å². The zero-order chi connectivity index (χ0) is 21.0. The van der Waals surface area contributed by atoms with Crippen molar-refractivity contribution in [3.8, 4) is 15.8 Å². The van der Waals surface area contributed by atoms with E-state index in [4.69, 9.17) is 23.2 Å². The SMILES string of the molecule is CCCCCCNC(=O)c1nn(-c2ccc(Cl)cc2Cl)c(-c2ccc(Br)[se]2)c1Br. The molecule has 0 saturated carbocycles. The van der Waals surface area contributed by atoms with Crippen molar-refractivity contribution in [1.82, 2.24) is 15.1 Å². The number of hydrogen-bond acceptors (Lipinski definition) is 2. The Morgan fingerprint density at radius 3 is 2.62 bits per heavy atom. The molecule has 0 spiro atoms. The summed E-state index contributed by atoms with van der Waals surface area (Å²) >= 11 is 19.8. The number of nitrogens with zero attached hydrogens (tertiary/aromatic N) is 2. The molecule has 0 saturated heterocycles. The summed E-state index contributed by atoms with van der Waals surface area (Å²) in [6, 6.07) is 9.31. The molecule has 4 nitrogen and oxygen atoms in total. The fraction of sp³-hybridized carbons (Fsp3) is 0.300. The van der Waals surface area contributed by atoms with Gasteiger partial charge < -0.3 is 0 Å². The second-order valence-corrected chi connectivity index (χ2v) is 12.4. The van der Waals surface area contributed by atoms with Gasteiger partial charge >= 0.3 is 204 Å². The Morgan fingerprint density at radius 2 is 1.97 bits per heavy atom. The second kappa shape index (κ2) is 10.6. The van der Waals surface area contributed by atoms with Gasteiger partial charge in [-0.2, -0.15) is 0 Å². The first-order valence-electron chi connectivity index (χ1n) is 9.20. The molecule has 0 aliphatic carbocycles. The van der Waals surface area contributed by atoms with Crippen LogP contribution in [0.2, 0.25) is 10.0 Å². The van der Waals surface area contributed by atoms with Crippen molar-refractivity contribution in [2.75, 3.05) is 6.54 Å². The van der Waals surface area contributed by atoms with Gasteiger partial charge in [0.05, 0.1) is 0 Å². The summed E-state index contributed by atoms with van der Waals surface area (Å²) in [6.07, 6.45) is 4.40. The first-order valence-corrected chi connectivity index (χ1v) is 13.3. The molecule has 0 bridgehead atoms. The van der Waals surface area contributed by atoms with E-state index < -0.39 is 0 Å². The fourth-order valence-electron chi connectivity index (χ4n) is 2.86. The van der Waals surface area contributed by atoms with Gasteiger partial charge in [0.15, 0.2) is 0 Å². The number of nitrogens with one attached hydrogen (secondary N) is 1. The summed E-state index contributed by atoms with van der Waals surface area (Å²) < 4.78 is 4.61. The topological polar surface area (TPSA) is 46.9 Å². The zero-order valence-electron chi connectivity index (χ0n) is 15.6. The molecule has 2 heterocycles. The molecule has 1 aromatic carbocycles. The van der Waals surface area contributed by atoms with Crippen LogP contribution >= 0.6 is 55.1 Å². The number of hydrogen-bond donors (Lipinski definition) is 1. The van der Waals surface area contributed by atoms with Gasteiger partial charge in [0.25, 0.3) is 0 Å². The third-order valence-corrected chi connectivity index (χ3v) is 8.54. The van der Waals surface area contributed by atoms with E-state index in [0.29, 0.717) is 32.4 Å². The Labute approximate surface area is 203 Å². The molecule has 0 radical (unpaired) electrons. The van der Waals surface area contributed by atoms with Crippen molar-refractivity contribution in [3.63, 3.8) is 0 Å². The van der Waals surface area contributed by atoms with E-state index in [1.807, 2.05) is 18.2 Å². The van der Waals surface area contributed by atoms with Crippen LogP contribution < -0.4 is 5.32 Å². The van der Waals surface area contributed by atoms with Gasteiger partial charge in [-0.05, 0) is 0 Å². The maximum absolute atomic E-state index is 12.8. The first kappa shape index (κ1) is 23.1. The van der Waals surface area contributed by atoms with Crippen LogP contribution in [0, 0.1) is 0 Å². The van der Waals surface area contributed by atoms with Gasteiger partial charge in [-0.1, -0.05) is 0 Å². The molecule has 9 heteroatoms. The molecule has 154 valence electrons. The van der Waals surface area contributed by atoms with Crippen molar-refractivity contribution in [2.45, 2.75) is 32.6 Å². The number of halogens is 4. The standard InChI is InChI=1S/C20H19Br2Cl2N3OSe/c1-2-3-4-5-10-25-20(28)18-17(22)19(15-8-9-16(21)29-15)27(26-18)14-7-6-12(23)11-13(14)24/h6-9,11H,2-5,10H2,1H3,(H,25,28). The van der Waals surface area contributed by atoms with E-state index in [9.17, 15) is 4.79 Å². The van der Waals surface area contributed by atoms with Crippen LogP contribution in [0.1, 0.15) is 43.1 Å². The van der Waals surface area contributed by atoms with Gasteiger partial charge in [-0.25, -0.2) is 0 Å². The molecule has 0 fully saturated rings. The van der Waals surface area contributed by atoms with Gasteiger partial charge in [-0.15, -0.1) is 0 Å². The Kier molecular flexibility index (Phi) is 8.49. The zero-order valence-corrected chi connectivity index (χ0v) is 22.0. The average Bonchev–Trinajstić information content (AvgIpc) is 3.24. The Balaban J connectivity index is 1.99. The molecule has 0 unspecified atom stereocenters. The summed E-state index contributed by atoms with van der Waals surface area (Å²) in [5.74, 6) is -0.198. The molecule has 0 atom stereocenters. The molecule has 1 N–H and O–H groups in total. The van der Waals surface area contributed by atoms with Crippen LogP contribution in [0.3, 0.4) is 0 Å². The molecule has 29 heavy (non-hydrogen) atoms. The summed E-state index contributed by atoms with van der Waals surface area (Å²) in [7, 11) is 0.